The molecule has 9 heteroatoms. The van der Waals surface area contributed by atoms with Gasteiger partial charge in [0.15, 0.2) is 6.29 Å². The van der Waals surface area contributed by atoms with Crippen molar-refractivity contribution < 1.29 is 39.8 Å². The van der Waals surface area contributed by atoms with Gasteiger partial charge in [0.1, 0.15) is 24.4 Å². The van der Waals surface area contributed by atoms with Crippen LogP contribution in [0.1, 0.15) is 296 Å². The van der Waals surface area contributed by atoms with E-state index in [0.717, 1.165) is 64.2 Å². The Morgan fingerprint density at radius 3 is 1.25 bits per heavy atom. The van der Waals surface area contributed by atoms with Gasteiger partial charge in [-0.15, -0.1) is 0 Å². The van der Waals surface area contributed by atoms with E-state index in [1.165, 1.54) is 212 Å². The number of unbranched alkanes of at least 4 members (excludes halogenated alkanes) is 36. The number of hydrogen-bond donors (Lipinski definition) is 6. The van der Waals surface area contributed by atoms with Gasteiger partial charge in [-0.2, -0.15) is 0 Å². The Labute approximate surface area is 474 Å². The van der Waals surface area contributed by atoms with Crippen LogP contribution in [0.4, 0.5) is 0 Å². The summed E-state index contributed by atoms with van der Waals surface area (Å²) in [7, 11) is 0. The number of rotatable bonds is 56. The molecule has 0 aliphatic carbocycles. The summed E-state index contributed by atoms with van der Waals surface area (Å²) in [4.78, 5) is 13.1. The fourth-order valence-electron chi connectivity index (χ4n) is 10.2. The van der Waals surface area contributed by atoms with Gasteiger partial charge in [-0.1, -0.05) is 292 Å². The molecule has 1 saturated heterocycles. The average Bonchev–Trinajstić information content (AvgIpc) is 3.43. The van der Waals surface area contributed by atoms with Crippen LogP contribution < -0.4 is 5.32 Å². The first-order valence-electron chi connectivity index (χ1n) is 32.7. The molecule has 0 spiro atoms. The molecule has 0 bridgehead atoms. The zero-order valence-corrected chi connectivity index (χ0v) is 50.0. The third kappa shape index (κ3) is 46.0. The maximum Gasteiger partial charge on any atom is 0.220 e. The highest BCUT2D eigenvalue weighted by molar-refractivity contribution is 5.76. The maximum absolute atomic E-state index is 13.1. The lowest BCUT2D eigenvalue weighted by Gasteiger charge is -2.40. The topological polar surface area (TPSA) is 149 Å². The molecule has 77 heavy (non-hydrogen) atoms. The average molecular weight is 1080 g/mol. The lowest BCUT2D eigenvalue weighted by atomic mass is 9.99. The van der Waals surface area contributed by atoms with E-state index < -0.39 is 49.5 Å². The Balaban J connectivity index is 2.18. The molecule has 0 saturated carbocycles. The van der Waals surface area contributed by atoms with Gasteiger partial charge in [0.05, 0.1) is 25.4 Å². The molecule has 448 valence electrons. The molecule has 1 aliphatic heterocycles. The van der Waals surface area contributed by atoms with Crippen molar-refractivity contribution in [2.45, 2.75) is 339 Å². The van der Waals surface area contributed by atoms with E-state index in [2.05, 4.69) is 79.9 Å². The molecule has 0 aromatic carbocycles. The third-order valence-electron chi connectivity index (χ3n) is 15.3. The molecular weight excluding hydrogens is 959 g/mol. The minimum Gasteiger partial charge on any atom is -0.394 e. The van der Waals surface area contributed by atoms with Crippen LogP contribution in [0.3, 0.4) is 0 Å². The summed E-state index contributed by atoms with van der Waals surface area (Å²) in [5.41, 5.74) is 0. The lowest BCUT2D eigenvalue weighted by Crippen LogP contribution is -2.60. The minimum atomic E-state index is -1.57. The number of amides is 1. The number of carbonyl (C=O) groups is 1. The molecule has 0 aromatic heterocycles. The molecule has 6 N–H and O–H groups in total. The summed E-state index contributed by atoms with van der Waals surface area (Å²) >= 11 is 0. The maximum atomic E-state index is 13.1. The minimum absolute atomic E-state index is 0.185. The van der Waals surface area contributed by atoms with Crippen molar-refractivity contribution in [2.75, 3.05) is 13.2 Å². The highest BCUT2D eigenvalue weighted by atomic mass is 16.7. The normalized spacial score (nSPS) is 19.2. The van der Waals surface area contributed by atoms with E-state index in [9.17, 15) is 30.3 Å². The van der Waals surface area contributed by atoms with Gasteiger partial charge < -0.3 is 40.3 Å². The largest absolute Gasteiger partial charge is 0.394 e. The summed E-state index contributed by atoms with van der Waals surface area (Å²) in [6.07, 6.45) is 72.8. The Kier molecular flexibility index (Phi) is 53.7. The highest BCUT2D eigenvalue weighted by Crippen LogP contribution is 2.23. The fraction of sp³-hybridized carbons (Fsp3) is 0.809. The van der Waals surface area contributed by atoms with Gasteiger partial charge in [0.25, 0.3) is 0 Å². The fourth-order valence-corrected chi connectivity index (χ4v) is 10.2. The Hall–Kier alpha value is -2.37. The number of nitrogens with one attached hydrogen (secondary N) is 1. The van der Waals surface area contributed by atoms with E-state index in [1.807, 2.05) is 6.08 Å². The summed E-state index contributed by atoms with van der Waals surface area (Å²) in [5, 5.41) is 54.7. The van der Waals surface area contributed by atoms with Gasteiger partial charge in [-0.3, -0.25) is 4.79 Å². The number of allylic oxidation sites excluding steroid dienone is 11. The summed E-state index contributed by atoms with van der Waals surface area (Å²) in [6, 6.07) is -0.825. The van der Waals surface area contributed by atoms with Crippen LogP contribution >= 0.6 is 0 Å². The van der Waals surface area contributed by atoms with Gasteiger partial charge in [0, 0.05) is 6.42 Å². The number of ether oxygens (including phenoxy) is 2. The molecule has 1 amide bonds. The van der Waals surface area contributed by atoms with Crippen molar-refractivity contribution in [1.29, 1.82) is 0 Å². The van der Waals surface area contributed by atoms with Gasteiger partial charge in [-0.05, 0) is 70.6 Å². The summed E-state index contributed by atoms with van der Waals surface area (Å²) in [6.45, 7) is 3.68. The van der Waals surface area contributed by atoms with E-state index in [4.69, 9.17) is 9.47 Å². The summed E-state index contributed by atoms with van der Waals surface area (Å²) < 4.78 is 11.3. The van der Waals surface area contributed by atoms with Crippen molar-refractivity contribution in [3.8, 4) is 0 Å². The van der Waals surface area contributed by atoms with Crippen LogP contribution in [0.15, 0.2) is 72.9 Å². The SMILES string of the molecule is CC/C=C\C/C=C\C/C=C\C/C=C\CCCCCCCCCCCCCCCCCCC(=O)NC(COC1OC(CO)C(O)C(O)C1O)C(O)/C=C/CC/C=C/CCCCCCCCCCCCCCCCCCCCC. The number of carbonyl (C=O) groups excluding carboxylic acids is 1. The van der Waals surface area contributed by atoms with Crippen molar-refractivity contribution in [3.05, 3.63) is 72.9 Å². The van der Waals surface area contributed by atoms with Crippen molar-refractivity contribution >= 4 is 5.91 Å². The Morgan fingerprint density at radius 2 is 0.818 bits per heavy atom. The molecule has 1 rings (SSSR count). The number of aliphatic hydroxyl groups is 5. The molecule has 7 atom stereocenters. The lowest BCUT2D eigenvalue weighted by molar-refractivity contribution is -0.302. The zero-order valence-electron chi connectivity index (χ0n) is 50.0. The summed E-state index contributed by atoms with van der Waals surface area (Å²) in [5.74, 6) is -0.185. The van der Waals surface area contributed by atoms with Gasteiger partial charge >= 0.3 is 0 Å². The van der Waals surface area contributed by atoms with Crippen molar-refractivity contribution in [3.63, 3.8) is 0 Å². The monoisotopic (exact) mass is 1080 g/mol. The second-order valence-electron chi connectivity index (χ2n) is 22.5. The third-order valence-corrected chi connectivity index (χ3v) is 15.3. The Bertz CT molecular complexity index is 1440. The second-order valence-corrected chi connectivity index (χ2v) is 22.5. The quantitative estimate of drug-likeness (QED) is 0.0261. The molecule has 1 fully saturated rings. The molecular formula is C68H123NO8. The van der Waals surface area contributed by atoms with E-state index in [-0.39, 0.29) is 12.5 Å². The van der Waals surface area contributed by atoms with Gasteiger partial charge in [-0.25, -0.2) is 0 Å². The van der Waals surface area contributed by atoms with Crippen molar-refractivity contribution in [2.24, 2.45) is 0 Å². The van der Waals surface area contributed by atoms with Crippen molar-refractivity contribution in [1.82, 2.24) is 5.32 Å². The van der Waals surface area contributed by atoms with Crippen LogP contribution in [0, 0.1) is 0 Å². The predicted octanol–water partition coefficient (Wildman–Crippen LogP) is 17.2. The van der Waals surface area contributed by atoms with Crippen LogP contribution in [-0.2, 0) is 14.3 Å². The number of aliphatic hydroxyl groups excluding tert-OH is 5. The molecule has 1 heterocycles. The molecule has 9 nitrogen and oxygen atoms in total. The molecule has 1 aliphatic rings. The predicted molar refractivity (Wildman–Crippen MR) is 327 cm³/mol. The first kappa shape index (κ1) is 72.6. The molecule has 7 unspecified atom stereocenters. The number of hydrogen-bond acceptors (Lipinski definition) is 8. The van der Waals surface area contributed by atoms with Crippen LogP contribution in [0.5, 0.6) is 0 Å². The highest BCUT2D eigenvalue weighted by Gasteiger charge is 2.44. The smallest absolute Gasteiger partial charge is 0.220 e. The van der Waals surface area contributed by atoms with E-state index in [1.54, 1.807) is 6.08 Å². The van der Waals surface area contributed by atoms with Gasteiger partial charge in [0.2, 0.25) is 5.91 Å². The molecule has 0 aromatic rings. The zero-order chi connectivity index (χ0) is 55.8. The van der Waals surface area contributed by atoms with E-state index >= 15 is 0 Å². The first-order chi connectivity index (χ1) is 37.8. The van der Waals surface area contributed by atoms with Crippen LogP contribution in [0.25, 0.3) is 0 Å². The second kappa shape index (κ2) is 56.9. The first-order valence-corrected chi connectivity index (χ1v) is 32.7. The van der Waals surface area contributed by atoms with Crippen LogP contribution in [-0.4, -0.2) is 87.5 Å². The molecule has 0 radical (unpaired) electrons. The standard InChI is InChI=1S/C68H123NO8/c1-3-5-7-9-11-13-15-17-19-21-23-25-27-29-30-31-32-34-36-38-40-42-44-46-48-50-52-54-56-58-64(72)69-61(60-76-68-67(75)66(74)65(73)63(59-70)77-68)62(71)57-55-53-51-49-47-45-43-41-39-37-35-33-28-26-24-22-20-18-16-14-12-10-8-6-4-2/h5,7,11,13,17,19,23,25,47,49,55,57,61-63,65-68,70-71,73-75H,3-4,6,8-10,12,14-16,18,20-22,24,26-46,48,50-54,56,58-60H2,1-2H3,(H,69,72)/b7-5-,13-11-,19-17-,25-23-,49-47+,57-55+. The Morgan fingerprint density at radius 1 is 0.455 bits per heavy atom. The van der Waals surface area contributed by atoms with E-state index in [0.29, 0.717) is 6.42 Å². The van der Waals surface area contributed by atoms with Crippen LogP contribution in [0.2, 0.25) is 0 Å².